The summed E-state index contributed by atoms with van der Waals surface area (Å²) in [7, 11) is 0. The Morgan fingerprint density at radius 3 is 2.75 bits per heavy atom. The van der Waals surface area contributed by atoms with Gasteiger partial charge in [-0.05, 0) is 31.5 Å². The fraction of sp³-hybridized carbons (Fsp3) is 0.312. The molecule has 2 rings (SSSR count). The molecule has 1 atom stereocenters. The van der Waals surface area contributed by atoms with Crippen LogP contribution in [0.25, 0.3) is 0 Å². The fourth-order valence-corrected chi connectivity index (χ4v) is 3.32. The average molecular weight is 368 g/mol. The number of nitrogens with zero attached hydrogens (tertiary/aromatic N) is 2. The summed E-state index contributed by atoms with van der Waals surface area (Å²) in [5, 5.41) is 13.7. The molecule has 0 saturated heterocycles. The molecule has 0 aliphatic heterocycles. The van der Waals surface area contributed by atoms with E-state index in [1.165, 1.54) is 23.5 Å². The van der Waals surface area contributed by atoms with E-state index in [1.54, 1.807) is 30.0 Å². The number of hydrogen-bond acceptors (Lipinski definition) is 4. The van der Waals surface area contributed by atoms with Crippen molar-refractivity contribution in [1.82, 2.24) is 10.2 Å². The van der Waals surface area contributed by atoms with Crippen LogP contribution in [0, 0.1) is 10.1 Å². The van der Waals surface area contributed by atoms with E-state index in [0.717, 1.165) is 4.88 Å². The number of benzene rings is 1. The van der Waals surface area contributed by atoms with Crippen molar-refractivity contribution in [1.29, 1.82) is 0 Å². The van der Waals surface area contributed by atoms with Gasteiger partial charge in [-0.2, -0.15) is 0 Å². The van der Waals surface area contributed by atoms with Crippen molar-refractivity contribution in [3.63, 3.8) is 0 Å². The minimum absolute atomic E-state index is 0.00849. The lowest BCUT2D eigenvalue weighted by Gasteiger charge is -2.23. The number of amides is 2. The molecule has 1 aromatic heterocycles. The summed E-state index contributed by atoms with van der Waals surface area (Å²) < 4.78 is 0.687. The van der Waals surface area contributed by atoms with Crippen LogP contribution in [-0.2, 0) is 6.54 Å². The van der Waals surface area contributed by atoms with Crippen LogP contribution in [0.3, 0.4) is 0 Å². The van der Waals surface area contributed by atoms with Gasteiger partial charge in [-0.15, -0.1) is 11.3 Å². The molecular formula is C16H18ClN3O3S. The van der Waals surface area contributed by atoms with Gasteiger partial charge in [-0.3, -0.25) is 10.1 Å². The Labute approximate surface area is 149 Å². The molecule has 1 heterocycles. The van der Waals surface area contributed by atoms with Gasteiger partial charge in [0.2, 0.25) is 0 Å². The molecule has 0 aliphatic carbocycles. The number of nitrogens with one attached hydrogen (secondary N) is 1. The van der Waals surface area contributed by atoms with E-state index in [-0.39, 0.29) is 17.8 Å². The molecule has 0 fully saturated rings. The van der Waals surface area contributed by atoms with Crippen molar-refractivity contribution in [2.75, 3.05) is 6.54 Å². The molecule has 24 heavy (non-hydrogen) atoms. The predicted molar refractivity (Wildman–Crippen MR) is 95.5 cm³/mol. The van der Waals surface area contributed by atoms with Crippen molar-refractivity contribution in [2.24, 2.45) is 0 Å². The molecule has 8 heteroatoms. The van der Waals surface area contributed by atoms with Gasteiger partial charge in [0.25, 0.3) is 5.69 Å². The minimum Gasteiger partial charge on any atom is -0.331 e. The van der Waals surface area contributed by atoms with Crippen molar-refractivity contribution in [3.8, 4) is 0 Å². The van der Waals surface area contributed by atoms with Crippen molar-refractivity contribution < 1.29 is 9.72 Å². The first-order valence-electron chi connectivity index (χ1n) is 7.44. The van der Waals surface area contributed by atoms with Gasteiger partial charge in [0.05, 0.1) is 21.8 Å². The number of halogens is 1. The predicted octanol–water partition coefficient (Wildman–Crippen LogP) is 4.60. The highest BCUT2D eigenvalue weighted by atomic mass is 35.5. The Kier molecular flexibility index (Phi) is 6.16. The van der Waals surface area contributed by atoms with Crippen molar-refractivity contribution in [3.05, 3.63) is 61.3 Å². The van der Waals surface area contributed by atoms with Gasteiger partial charge in [0.15, 0.2) is 0 Å². The highest BCUT2D eigenvalue weighted by Crippen LogP contribution is 2.23. The van der Waals surface area contributed by atoms with Crippen molar-refractivity contribution in [2.45, 2.75) is 26.4 Å². The molecule has 6 nitrogen and oxygen atoms in total. The number of nitro groups is 1. The van der Waals surface area contributed by atoms with Gasteiger partial charge in [0.1, 0.15) is 0 Å². The monoisotopic (exact) mass is 367 g/mol. The molecule has 2 amide bonds. The first-order chi connectivity index (χ1) is 11.4. The first-order valence-corrected chi connectivity index (χ1v) is 8.64. The van der Waals surface area contributed by atoms with Gasteiger partial charge >= 0.3 is 6.03 Å². The van der Waals surface area contributed by atoms with E-state index in [1.807, 2.05) is 13.0 Å². The van der Waals surface area contributed by atoms with E-state index in [0.29, 0.717) is 23.0 Å². The number of carbonyl (C=O) groups is 1. The molecule has 2 aromatic rings. The Morgan fingerprint density at radius 2 is 2.17 bits per heavy atom. The van der Waals surface area contributed by atoms with Crippen molar-refractivity contribution >= 4 is 34.7 Å². The van der Waals surface area contributed by atoms with Crippen LogP contribution in [0.4, 0.5) is 10.5 Å². The maximum Gasteiger partial charge on any atom is 0.318 e. The van der Waals surface area contributed by atoms with Crippen LogP contribution < -0.4 is 5.32 Å². The summed E-state index contributed by atoms with van der Waals surface area (Å²) in [5.74, 6) is 0. The molecule has 0 spiro atoms. The summed E-state index contributed by atoms with van der Waals surface area (Å²) in [5.41, 5.74) is 0.696. The zero-order valence-corrected chi connectivity index (χ0v) is 14.9. The largest absolute Gasteiger partial charge is 0.331 e. The minimum atomic E-state index is -0.447. The third-order valence-corrected chi connectivity index (χ3v) is 4.78. The number of carbonyl (C=O) groups excluding carboxylic acids is 1. The summed E-state index contributed by atoms with van der Waals surface area (Å²) in [6.45, 7) is 4.71. The summed E-state index contributed by atoms with van der Waals surface area (Å²) in [4.78, 5) is 25.5. The molecule has 0 aliphatic rings. The normalized spacial score (nSPS) is 11.8. The van der Waals surface area contributed by atoms with Crippen LogP contribution in [-0.4, -0.2) is 22.4 Å². The Bertz CT molecular complexity index is 735. The number of nitro benzene ring substituents is 1. The maximum absolute atomic E-state index is 12.4. The average Bonchev–Trinajstić information content (AvgIpc) is 2.97. The molecule has 0 radical (unpaired) electrons. The standard InChI is InChI=1S/C16H18ClN3O3S/c1-3-19(10-14-7-8-15(17)24-14)16(21)18-11(2)12-5-4-6-13(9-12)20(22)23/h4-9,11H,3,10H2,1-2H3,(H,18,21). The van der Waals surface area contributed by atoms with Gasteiger partial charge in [-0.25, -0.2) is 4.79 Å². The molecule has 1 N–H and O–H groups in total. The number of thiophene rings is 1. The van der Waals surface area contributed by atoms with Crippen LogP contribution in [0.2, 0.25) is 4.34 Å². The van der Waals surface area contributed by atoms with E-state index in [4.69, 9.17) is 11.6 Å². The number of urea groups is 1. The lowest BCUT2D eigenvalue weighted by atomic mass is 10.1. The molecular weight excluding hydrogens is 350 g/mol. The second-order valence-electron chi connectivity index (χ2n) is 5.24. The van der Waals surface area contributed by atoms with Gasteiger partial charge in [-0.1, -0.05) is 23.7 Å². The fourth-order valence-electron chi connectivity index (χ4n) is 2.22. The third-order valence-electron chi connectivity index (χ3n) is 3.57. The van der Waals surface area contributed by atoms with E-state index < -0.39 is 4.92 Å². The molecule has 0 bridgehead atoms. The molecule has 0 saturated carbocycles. The molecule has 128 valence electrons. The van der Waals surface area contributed by atoms with Gasteiger partial charge < -0.3 is 10.2 Å². The summed E-state index contributed by atoms with van der Waals surface area (Å²) in [6, 6.07) is 9.41. The Hall–Kier alpha value is -2.12. The lowest BCUT2D eigenvalue weighted by Crippen LogP contribution is -2.40. The zero-order valence-electron chi connectivity index (χ0n) is 13.4. The second kappa shape index (κ2) is 8.12. The molecule has 1 unspecified atom stereocenters. The quantitative estimate of drug-likeness (QED) is 0.598. The highest BCUT2D eigenvalue weighted by Gasteiger charge is 2.17. The second-order valence-corrected chi connectivity index (χ2v) is 7.04. The van der Waals surface area contributed by atoms with Gasteiger partial charge in [0, 0.05) is 23.6 Å². The van der Waals surface area contributed by atoms with Crippen LogP contribution in [0.5, 0.6) is 0 Å². The van der Waals surface area contributed by atoms with E-state index in [9.17, 15) is 14.9 Å². The van der Waals surface area contributed by atoms with E-state index in [2.05, 4.69) is 5.32 Å². The van der Waals surface area contributed by atoms with Crippen LogP contribution >= 0.6 is 22.9 Å². The number of non-ortho nitro benzene ring substituents is 1. The topological polar surface area (TPSA) is 75.5 Å². The number of hydrogen-bond donors (Lipinski definition) is 1. The maximum atomic E-state index is 12.4. The van der Waals surface area contributed by atoms with E-state index >= 15 is 0 Å². The molecule has 1 aromatic carbocycles. The SMILES string of the molecule is CCN(Cc1ccc(Cl)s1)C(=O)NC(C)c1cccc([N+](=O)[O-])c1. The Balaban J connectivity index is 2.03. The summed E-state index contributed by atoms with van der Waals surface area (Å²) >= 11 is 7.35. The highest BCUT2D eigenvalue weighted by molar-refractivity contribution is 7.16. The third kappa shape index (κ3) is 4.69. The Morgan fingerprint density at radius 1 is 1.42 bits per heavy atom. The number of rotatable bonds is 6. The summed E-state index contributed by atoms with van der Waals surface area (Å²) in [6.07, 6.45) is 0. The first kappa shape index (κ1) is 18.2. The zero-order chi connectivity index (χ0) is 17.7. The van der Waals surface area contributed by atoms with Crippen LogP contribution in [0.1, 0.15) is 30.3 Å². The smallest absolute Gasteiger partial charge is 0.318 e. The van der Waals surface area contributed by atoms with Crippen LogP contribution in [0.15, 0.2) is 36.4 Å². The lowest BCUT2D eigenvalue weighted by molar-refractivity contribution is -0.384.